The van der Waals surface area contributed by atoms with E-state index in [1.807, 2.05) is 57.2 Å². The minimum absolute atomic E-state index is 0.0578. The van der Waals surface area contributed by atoms with E-state index >= 15 is 0 Å². The quantitative estimate of drug-likeness (QED) is 0.843. The third-order valence-electron chi connectivity index (χ3n) is 4.03. The first kappa shape index (κ1) is 16.2. The second-order valence-corrected chi connectivity index (χ2v) is 7.02. The van der Waals surface area contributed by atoms with Gasteiger partial charge in [-0.2, -0.15) is 5.11 Å². The molecule has 0 radical (unpaired) electrons. The average Bonchev–Trinajstić information content (AvgIpc) is 3.04. The molecule has 0 aliphatic carbocycles. The number of hydrogen-bond acceptors (Lipinski definition) is 5. The molecule has 5 nitrogen and oxygen atoms in total. The highest BCUT2D eigenvalue weighted by Gasteiger charge is 2.25. The van der Waals surface area contributed by atoms with E-state index in [-0.39, 0.29) is 23.0 Å². The molecule has 124 valence electrons. The molecular weight excluding hydrogens is 302 g/mol. The van der Waals surface area contributed by atoms with Gasteiger partial charge in [0.15, 0.2) is 5.78 Å². The van der Waals surface area contributed by atoms with Gasteiger partial charge in [0.25, 0.3) is 0 Å². The molecule has 1 heterocycles. The zero-order valence-corrected chi connectivity index (χ0v) is 14.1. The standard InChI is InChI=1S/C19H21N3O2/c1-19(2,3)18(24)14-6-4-13(5-7-14)17-12-22(21-20-17)15-8-10-16(23)11-9-15/h4-11,17,23H,12H2,1-3H3. The monoisotopic (exact) mass is 323 g/mol. The first-order valence-corrected chi connectivity index (χ1v) is 7.97. The molecule has 0 fully saturated rings. The predicted octanol–water partition coefficient (Wildman–Crippen LogP) is 4.55. The Kier molecular flexibility index (Phi) is 4.09. The van der Waals surface area contributed by atoms with E-state index in [2.05, 4.69) is 10.3 Å². The second kappa shape index (κ2) is 6.07. The van der Waals surface area contributed by atoms with Gasteiger partial charge in [-0.25, -0.2) is 5.01 Å². The van der Waals surface area contributed by atoms with Crippen LogP contribution in [0.4, 0.5) is 5.69 Å². The van der Waals surface area contributed by atoms with E-state index in [4.69, 9.17) is 0 Å². The number of Topliss-reactive ketones (excluding diaryl/α,β-unsaturated/α-hetero) is 1. The first-order chi connectivity index (χ1) is 11.3. The number of aromatic hydroxyl groups is 1. The van der Waals surface area contributed by atoms with Crippen molar-refractivity contribution in [2.75, 3.05) is 11.6 Å². The predicted molar refractivity (Wildman–Crippen MR) is 93.3 cm³/mol. The summed E-state index contributed by atoms with van der Waals surface area (Å²) in [6, 6.07) is 14.4. The molecule has 1 N–H and O–H groups in total. The zero-order chi connectivity index (χ0) is 17.3. The lowest BCUT2D eigenvalue weighted by Crippen LogP contribution is -2.20. The molecule has 1 aliphatic rings. The number of carbonyl (C=O) groups is 1. The largest absolute Gasteiger partial charge is 0.508 e. The summed E-state index contributed by atoms with van der Waals surface area (Å²) >= 11 is 0. The second-order valence-electron chi connectivity index (χ2n) is 7.02. The summed E-state index contributed by atoms with van der Waals surface area (Å²) in [5, 5.41) is 19.7. The molecule has 0 amide bonds. The number of nitrogens with zero attached hydrogens (tertiary/aromatic N) is 3. The van der Waals surface area contributed by atoms with Gasteiger partial charge in [0.1, 0.15) is 11.8 Å². The van der Waals surface area contributed by atoms with Crippen molar-refractivity contribution in [3.63, 3.8) is 0 Å². The van der Waals surface area contributed by atoms with Crippen molar-refractivity contribution in [1.82, 2.24) is 0 Å². The zero-order valence-electron chi connectivity index (χ0n) is 14.1. The molecule has 1 aliphatic heterocycles. The van der Waals surface area contributed by atoms with Crippen molar-refractivity contribution in [2.24, 2.45) is 15.8 Å². The van der Waals surface area contributed by atoms with Crippen LogP contribution in [0.25, 0.3) is 0 Å². The van der Waals surface area contributed by atoms with Crippen LogP contribution in [0.1, 0.15) is 42.7 Å². The smallest absolute Gasteiger partial charge is 0.168 e. The number of phenolic OH excluding ortho intramolecular Hbond substituents is 1. The van der Waals surface area contributed by atoms with Gasteiger partial charge in [-0.3, -0.25) is 4.79 Å². The Morgan fingerprint density at radius 3 is 2.29 bits per heavy atom. The number of ketones is 1. The van der Waals surface area contributed by atoms with Crippen molar-refractivity contribution in [1.29, 1.82) is 0 Å². The molecule has 5 heteroatoms. The summed E-state index contributed by atoms with van der Waals surface area (Å²) in [5.41, 5.74) is 2.25. The van der Waals surface area contributed by atoms with E-state index in [9.17, 15) is 9.90 Å². The molecule has 1 unspecified atom stereocenters. The Hall–Kier alpha value is -2.69. The van der Waals surface area contributed by atoms with Gasteiger partial charge in [0, 0.05) is 11.0 Å². The molecule has 2 aromatic rings. The Bertz CT molecular complexity index is 759. The normalized spacial score (nSPS) is 17.3. The highest BCUT2D eigenvalue weighted by atomic mass is 16.3. The lowest BCUT2D eigenvalue weighted by Gasteiger charge is -2.17. The lowest BCUT2D eigenvalue weighted by atomic mass is 9.86. The van der Waals surface area contributed by atoms with Gasteiger partial charge in [-0.1, -0.05) is 50.3 Å². The summed E-state index contributed by atoms with van der Waals surface area (Å²) < 4.78 is 0. The molecule has 1 atom stereocenters. The summed E-state index contributed by atoms with van der Waals surface area (Å²) in [4.78, 5) is 12.3. The topological polar surface area (TPSA) is 65.3 Å². The summed E-state index contributed by atoms with van der Waals surface area (Å²) in [7, 11) is 0. The third kappa shape index (κ3) is 3.30. The fourth-order valence-corrected chi connectivity index (χ4v) is 2.60. The Morgan fingerprint density at radius 2 is 1.71 bits per heavy atom. The highest BCUT2D eigenvalue weighted by molar-refractivity contribution is 5.99. The van der Waals surface area contributed by atoms with Crippen molar-refractivity contribution in [3.05, 3.63) is 59.7 Å². The van der Waals surface area contributed by atoms with Crippen molar-refractivity contribution < 1.29 is 9.90 Å². The van der Waals surface area contributed by atoms with Crippen molar-refractivity contribution in [3.8, 4) is 5.75 Å². The maximum Gasteiger partial charge on any atom is 0.168 e. The van der Waals surface area contributed by atoms with Crippen LogP contribution in [-0.4, -0.2) is 17.4 Å². The van der Waals surface area contributed by atoms with Gasteiger partial charge < -0.3 is 5.11 Å². The number of hydrogen-bond donors (Lipinski definition) is 1. The molecule has 0 saturated heterocycles. The maximum absolute atomic E-state index is 12.3. The molecule has 0 aromatic heterocycles. The minimum atomic E-state index is -0.385. The van der Waals surface area contributed by atoms with Crippen LogP contribution in [0.2, 0.25) is 0 Å². The van der Waals surface area contributed by atoms with E-state index in [0.717, 1.165) is 16.8 Å². The summed E-state index contributed by atoms with van der Waals surface area (Å²) in [6.45, 7) is 6.40. The number of anilines is 1. The fraction of sp³-hybridized carbons (Fsp3) is 0.316. The van der Waals surface area contributed by atoms with Crippen molar-refractivity contribution in [2.45, 2.75) is 26.8 Å². The number of phenols is 1. The van der Waals surface area contributed by atoms with Gasteiger partial charge in [-0.15, -0.1) is 0 Å². The molecule has 2 aromatic carbocycles. The Balaban J connectivity index is 1.71. The van der Waals surface area contributed by atoms with Gasteiger partial charge >= 0.3 is 0 Å². The summed E-state index contributed by atoms with van der Waals surface area (Å²) in [5.74, 6) is 0.360. The van der Waals surface area contributed by atoms with Crippen LogP contribution in [-0.2, 0) is 0 Å². The maximum atomic E-state index is 12.3. The number of carbonyl (C=O) groups excluding carboxylic acids is 1. The molecular formula is C19H21N3O2. The lowest BCUT2D eigenvalue weighted by molar-refractivity contribution is 0.0858. The fourth-order valence-electron chi connectivity index (χ4n) is 2.60. The molecule has 0 spiro atoms. The molecule has 24 heavy (non-hydrogen) atoms. The van der Waals surface area contributed by atoms with Crippen LogP contribution >= 0.6 is 0 Å². The number of rotatable bonds is 3. The minimum Gasteiger partial charge on any atom is -0.508 e. The average molecular weight is 323 g/mol. The van der Waals surface area contributed by atoms with Crippen LogP contribution < -0.4 is 5.01 Å². The van der Waals surface area contributed by atoms with Crippen LogP contribution in [0.5, 0.6) is 5.75 Å². The van der Waals surface area contributed by atoms with E-state index in [1.54, 1.807) is 17.1 Å². The van der Waals surface area contributed by atoms with Crippen LogP contribution in [0.15, 0.2) is 58.9 Å². The summed E-state index contributed by atoms with van der Waals surface area (Å²) in [6.07, 6.45) is 0. The van der Waals surface area contributed by atoms with Gasteiger partial charge in [0.2, 0.25) is 0 Å². The van der Waals surface area contributed by atoms with Crippen LogP contribution in [0.3, 0.4) is 0 Å². The van der Waals surface area contributed by atoms with Gasteiger partial charge in [-0.05, 0) is 29.8 Å². The SMILES string of the molecule is CC(C)(C)C(=O)c1ccc(C2CN(c3ccc(O)cc3)N=N2)cc1. The first-order valence-electron chi connectivity index (χ1n) is 7.97. The van der Waals surface area contributed by atoms with E-state index in [0.29, 0.717) is 6.54 Å². The van der Waals surface area contributed by atoms with Crippen molar-refractivity contribution >= 4 is 11.5 Å². The highest BCUT2D eigenvalue weighted by Crippen LogP contribution is 2.30. The van der Waals surface area contributed by atoms with E-state index in [1.165, 1.54) is 0 Å². The third-order valence-corrected chi connectivity index (χ3v) is 4.03. The molecule has 0 bridgehead atoms. The molecule has 3 rings (SSSR count). The van der Waals surface area contributed by atoms with Crippen LogP contribution in [0, 0.1) is 5.41 Å². The number of benzene rings is 2. The van der Waals surface area contributed by atoms with Gasteiger partial charge in [0.05, 0.1) is 12.2 Å². The Morgan fingerprint density at radius 1 is 1.08 bits per heavy atom. The van der Waals surface area contributed by atoms with E-state index < -0.39 is 0 Å². The Labute approximate surface area is 141 Å². The molecule has 0 saturated carbocycles.